The van der Waals surface area contributed by atoms with Crippen LogP contribution in [0.3, 0.4) is 0 Å². The quantitative estimate of drug-likeness (QED) is 0.148. The van der Waals surface area contributed by atoms with Crippen molar-refractivity contribution in [3.8, 4) is 0 Å². The molecule has 2 N–H and O–H groups in total. The van der Waals surface area contributed by atoms with Gasteiger partial charge in [0.05, 0.1) is 6.54 Å². The standard InChI is InChI=1S/C21H24F6N2O14/c1-7(30)36-6-12-13(37-8(2)31)14(38-9(3)32)15(39-10(4)33)17(40-12)43-29-18(35)28-5-11-16(34)42-19(41-11,20(22,23)24)21(25,26)27/h11-15,17H,5-6H2,1-4H3,(H2,28,29,35)/t11-,12+,13+,14-,15+,17-/m0/s1. The molecule has 2 rings (SSSR count). The fourth-order valence-electron chi connectivity index (χ4n) is 3.63. The van der Waals surface area contributed by atoms with Gasteiger partial charge in [0.2, 0.25) is 6.29 Å². The van der Waals surface area contributed by atoms with E-state index in [2.05, 4.69) is 9.47 Å². The predicted molar refractivity (Wildman–Crippen MR) is 115 cm³/mol. The van der Waals surface area contributed by atoms with Gasteiger partial charge in [0.1, 0.15) is 12.7 Å². The molecule has 0 saturated carbocycles. The summed E-state index contributed by atoms with van der Waals surface area (Å²) in [6.45, 7) is 1.84. The lowest BCUT2D eigenvalue weighted by Gasteiger charge is -2.43. The molecule has 2 aliphatic rings. The zero-order valence-electron chi connectivity index (χ0n) is 22.4. The molecule has 0 aromatic heterocycles. The van der Waals surface area contributed by atoms with E-state index in [4.69, 9.17) is 28.5 Å². The summed E-state index contributed by atoms with van der Waals surface area (Å²) in [5.41, 5.74) is 1.62. The van der Waals surface area contributed by atoms with Crippen molar-refractivity contribution >= 4 is 35.9 Å². The topological polar surface area (TPSA) is 200 Å². The van der Waals surface area contributed by atoms with E-state index in [0.717, 1.165) is 27.7 Å². The third-order valence-corrected chi connectivity index (χ3v) is 5.23. The third-order valence-electron chi connectivity index (χ3n) is 5.23. The van der Waals surface area contributed by atoms with Gasteiger partial charge >= 0.3 is 54.0 Å². The van der Waals surface area contributed by atoms with Gasteiger partial charge in [-0.3, -0.25) is 19.2 Å². The molecule has 244 valence electrons. The summed E-state index contributed by atoms with van der Waals surface area (Å²) in [6.07, 6.45) is -23.5. The first-order valence-corrected chi connectivity index (χ1v) is 11.7. The Morgan fingerprint density at radius 3 is 1.79 bits per heavy atom. The second-order valence-corrected chi connectivity index (χ2v) is 8.64. The van der Waals surface area contributed by atoms with Gasteiger partial charge in [-0.1, -0.05) is 0 Å². The Hall–Kier alpha value is -3.92. The number of nitrogens with one attached hydrogen (secondary N) is 2. The summed E-state index contributed by atoms with van der Waals surface area (Å²) in [7, 11) is 0. The first-order chi connectivity index (χ1) is 19.7. The average molecular weight is 642 g/mol. The number of alkyl halides is 6. The van der Waals surface area contributed by atoms with Crippen LogP contribution in [0.25, 0.3) is 0 Å². The molecule has 2 aliphatic heterocycles. The molecule has 0 aromatic rings. The number of carbonyl (C=O) groups excluding carboxylic acids is 6. The molecular formula is C21H24F6N2O14. The van der Waals surface area contributed by atoms with Gasteiger partial charge in [-0.2, -0.15) is 26.3 Å². The maximum atomic E-state index is 13.1. The van der Waals surface area contributed by atoms with Gasteiger partial charge in [0, 0.05) is 27.7 Å². The van der Waals surface area contributed by atoms with Crippen molar-refractivity contribution in [1.82, 2.24) is 10.8 Å². The SMILES string of the molecule is CC(=O)OC[C@H]1O[C@@H](ONC(=O)NC[C@@H]2OC(C(F)(F)F)(C(F)(F)F)OC2=O)[C@H](OC(C)=O)[C@@H](OC(C)=O)[C@@H]1OC(C)=O. The summed E-state index contributed by atoms with van der Waals surface area (Å²) in [5, 5.41) is 1.70. The van der Waals surface area contributed by atoms with Crippen molar-refractivity contribution in [3.05, 3.63) is 0 Å². The lowest BCUT2D eigenvalue weighted by molar-refractivity contribution is -0.439. The minimum absolute atomic E-state index is 0.662. The lowest BCUT2D eigenvalue weighted by Crippen LogP contribution is -2.64. The first kappa shape index (κ1) is 35.3. The van der Waals surface area contributed by atoms with Crippen molar-refractivity contribution in [3.63, 3.8) is 0 Å². The van der Waals surface area contributed by atoms with E-state index in [-0.39, 0.29) is 0 Å². The summed E-state index contributed by atoms with van der Waals surface area (Å²) in [4.78, 5) is 75.5. The fraction of sp³-hybridized carbons (Fsp3) is 0.714. The Morgan fingerprint density at radius 2 is 1.33 bits per heavy atom. The molecule has 2 fully saturated rings. The Morgan fingerprint density at radius 1 is 0.814 bits per heavy atom. The summed E-state index contributed by atoms with van der Waals surface area (Å²) >= 11 is 0. The van der Waals surface area contributed by atoms with Crippen LogP contribution >= 0.6 is 0 Å². The molecule has 0 bridgehead atoms. The number of amides is 2. The summed E-state index contributed by atoms with van der Waals surface area (Å²) < 4.78 is 111. The lowest BCUT2D eigenvalue weighted by atomic mass is 9.98. The summed E-state index contributed by atoms with van der Waals surface area (Å²) in [6, 6.07) is -1.51. The van der Waals surface area contributed by atoms with Gasteiger partial charge in [-0.15, -0.1) is 0 Å². The van der Waals surface area contributed by atoms with Crippen LogP contribution in [0, 0.1) is 0 Å². The van der Waals surface area contributed by atoms with Crippen molar-refractivity contribution in [2.45, 2.75) is 82.6 Å². The van der Waals surface area contributed by atoms with Gasteiger partial charge in [-0.05, 0) is 0 Å². The maximum absolute atomic E-state index is 13.1. The molecule has 2 amide bonds. The molecule has 6 atom stereocenters. The van der Waals surface area contributed by atoms with Crippen molar-refractivity contribution in [2.75, 3.05) is 13.2 Å². The Bertz CT molecular complexity index is 1090. The highest BCUT2D eigenvalue weighted by molar-refractivity contribution is 5.79. The van der Waals surface area contributed by atoms with Crippen LogP contribution in [0.1, 0.15) is 27.7 Å². The van der Waals surface area contributed by atoms with Crippen LogP contribution in [0.15, 0.2) is 0 Å². The number of rotatable bonds is 9. The van der Waals surface area contributed by atoms with Gasteiger partial charge in [-0.25, -0.2) is 19.9 Å². The normalized spacial score (nSPS) is 26.9. The monoisotopic (exact) mass is 642 g/mol. The van der Waals surface area contributed by atoms with E-state index in [1.54, 1.807) is 10.8 Å². The smallest absolute Gasteiger partial charge is 0.463 e. The van der Waals surface area contributed by atoms with E-state index in [1.165, 1.54) is 0 Å². The largest absolute Gasteiger partial charge is 0.465 e. The fourth-order valence-corrected chi connectivity index (χ4v) is 3.63. The number of cyclic esters (lactones) is 1. The van der Waals surface area contributed by atoms with Crippen LogP contribution in [0.5, 0.6) is 0 Å². The van der Waals surface area contributed by atoms with Crippen molar-refractivity contribution in [1.29, 1.82) is 0 Å². The van der Waals surface area contributed by atoms with Gasteiger partial charge in [0.15, 0.2) is 24.4 Å². The van der Waals surface area contributed by atoms with E-state index in [0.29, 0.717) is 0 Å². The molecule has 0 aromatic carbocycles. The molecule has 2 saturated heterocycles. The van der Waals surface area contributed by atoms with Crippen molar-refractivity contribution in [2.24, 2.45) is 0 Å². The molecule has 2 heterocycles. The minimum atomic E-state index is -6.23. The van der Waals surface area contributed by atoms with E-state index >= 15 is 0 Å². The van der Waals surface area contributed by atoms with Crippen molar-refractivity contribution < 1.29 is 93.1 Å². The molecule has 0 radical (unpaired) electrons. The van der Waals surface area contributed by atoms with Crippen LogP contribution in [0.2, 0.25) is 0 Å². The van der Waals surface area contributed by atoms with Crippen LogP contribution in [0.4, 0.5) is 31.1 Å². The number of hydrogen-bond donors (Lipinski definition) is 2. The molecule has 43 heavy (non-hydrogen) atoms. The number of urea groups is 1. The van der Waals surface area contributed by atoms with Crippen LogP contribution in [-0.2, 0) is 62.0 Å². The minimum Gasteiger partial charge on any atom is -0.463 e. The Kier molecular flexibility index (Phi) is 11.1. The number of esters is 5. The Balaban J connectivity index is 2.20. The molecule has 16 nitrogen and oxygen atoms in total. The van der Waals surface area contributed by atoms with Gasteiger partial charge in [0.25, 0.3) is 0 Å². The number of halogens is 6. The predicted octanol–water partition coefficient (Wildman–Crippen LogP) is 0.0632. The summed E-state index contributed by atoms with van der Waals surface area (Å²) in [5.74, 6) is -11.2. The first-order valence-electron chi connectivity index (χ1n) is 11.7. The van der Waals surface area contributed by atoms with E-state index < -0.39 is 104 Å². The molecule has 0 spiro atoms. The zero-order valence-corrected chi connectivity index (χ0v) is 22.4. The van der Waals surface area contributed by atoms with Crippen LogP contribution in [-0.4, -0.2) is 104 Å². The highest BCUT2D eigenvalue weighted by Gasteiger charge is 2.80. The van der Waals surface area contributed by atoms with Crippen LogP contribution < -0.4 is 10.8 Å². The second kappa shape index (κ2) is 13.6. The average Bonchev–Trinajstić information content (AvgIpc) is 3.20. The molecule has 22 heteroatoms. The van der Waals surface area contributed by atoms with Gasteiger partial charge < -0.3 is 38.5 Å². The highest BCUT2D eigenvalue weighted by atomic mass is 19.4. The third kappa shape index (κ3) is 8.79. The molecule has 0 unspecified atom stereocenters. The molecule has 0 aliphatic carbocycles. The number of ether oxygens (including phenoxy) is 7. The van der Waals surface area contributed by atoms with E-state index in [1.807, 2.05) is 0 Å². The zero-order chi connectivity index (χ0) is 32.9. The molecular weight excluding hydrogens is 618 g/mol. The Labute approximate surface area is 236 Å². The highest BCUT2D eigenvalue weighted by Crippen LogP contribution is 2.50. The number of hydrogen-bond acceptors (Lipinski definition) is 14. The maximum Gasteiger partial charge on any atom is 0.465 e. The second-order valence-electron chi connectivity index (χ2n) is 8.64. The number of hydroxylamine groups is 1. The number of carbonyl (C=O) groups is 6. The van der Waals surface area contributed by atoms with E-state index in [9.17, 15) is 55.1 Å².